The zero-order valence-electron chi connectivity index (χ0n) is 13.1. The second kappa shape index (κ2) is 7.72. The highest BCUT2D eigenvalue weighted by Crippen LogP contribution is 2.32. The van der Waals surface area contributed by atoms with Crippen molar-refractivity contribution >= 4 is 11.8 Å². The van der Waals surface area contributed by atoms with Gasteiger partial charge in [-0.05, 0) is 42.5 Å². The van der Waals surface area contributed by atoms with Crippen LogP contribution in [0.2, 0.25) is 0 Å². The lowest BCUT2D eigenvalue weighted by molar-refractivity contribution is 0.153. The lowest BCUT2D eigenvalue weighted by Gasteiger charge is -2.21. The number of hydrogen-bond donors (Lipinski definition) is 1. The Hall–Kier alpha value is -2.43. The first kappa shape index (κ1) is 15.5. The Bertz CT molecular complexity index is 622. The van der Waals surface area contributed by atoms with E-state index in [2.05, 4.69) is 21.4 Å². The number of amides is 1. The minimum absolute atomic E-state index is 0.164. The largest absolute Gasteiger partial charge is 0.443 e. The van der Waals surface area contributed by atoms with Gasteiger partial charge in [-0.15, -0.1) is 0 Å². The molecule has 1 N–H and O–H groups in total. The Morgan fingerprint density at radius 2 is 2.04 bits per heavy atom. The summed E-state index contributed by atoms with van der Waals surface area (Å²) in [5.74, 6) is 0.639. The molecule has 0 saturated heterocycles. The number of carbonyl (C=O) groups is 1. The van der Waals surface area contributed by atoms with Gasteiger partial charge >= 0.3 is 6.09 Å². The SMILES string of the molecule is O=C(Nc1cccnc1)OCc1ccc(C2CCCCC2)cn1. The van der Waals surface area contributed by atoms with Crippen LogP contribution in [0.3, 0.4) is 0 Å². The number of carbonyl (C=O) groups excluding carboxylic acids is 1. The molecule has 23 heavy (non-hydrogen) atoms. The van der Waals surface area contributed by atoms with Crippen LogP contribution in [0.15, 0.2) is 42.9 Å². The summed E-state index contributed by atoms with van der Waals surface area (Å²) in [6.07, 6.45) is 11.1. The summed E-state index contributed by atoms with van der Waals surface area (Å²) in [5.41, 5.74) is 2.66. The van der Waals surface area contributed by atoms with Crippen LogP contribution in [-0.4, -0.2) is 16.1 Å². The molecule has 0 atom stereocenters. The van der Waals surface area contributed by atoms with Crippen molar-refractivity contribution in [1.82, 2.24) is 9.97 Å². The average Bonchev–Trinajstić information content (AvgIpc) is 2.62. The van der Waals surface area contributed by atoms with Crippen molar-refractivity contribution in [2.75, 3.05) is 5.32 Å². The van der Waals surface area contributed by atoms with E-state index in [-0.39, 0.29) is 6.61 Å². The van der Waals surface area contributed by atoms with Gasteiger partial charge in [0.2, 0.25) is 0 Å². The molecule has 3 rings (SSSR count). The van der Waals surface area contributed by atoms with Crippen molar-refractivity contribution in [2.24, 2.45) is 0 Å². The number of hydrogen-bond acceptors (Lipinski definition) is 4. The lowest BCUT2D eigenvalue weighted by Crippen LogP contribution is -2.14. The standard InChI is InChI=1S/C18H21N3O2/c22-18(21-16-7-4-10-19-12-16)23-13-17-9-8-15(11-20-17)14-5-2-1-3-6-14/h4,7-12,14H,1-3,5-6,13H2,(H,21,22). The molecule has 2 heterocycles. The Labute approximate surface area is 136 Å². The summed E-state index contributed by atoms with van der Waals surface area (Å²) in [6, 6.07) is 7.56. The third kappa shape index (κ3) is 4.52. The van der Waals surface area contributed by atoms with Crippen molar-refractivity contribution < 1.29 is 9.53 Å². The van der Waals surface area contributed by atoms with E-state index in [1.54, 1.807) is 24.5 Å². The number of nitrogens with one attached hydrogen (secondary N) is 1. The fourth-order valence-corrected chi connectivity index (χ4v) is 2.93. The zero-order valence-corrected chi connectivity index (χ0v) is 13.1. The Morgan fingerprint density at radius 3 is 2.74 bits per heavy atom. The second-order valence-electron chi connectivity index (χ2n) is 5.86. The van der Waals surface area contributed by atoms with E-state index in [1.165, 1.54) is 37.7 Å². The van der Waals surface area contributed by atoms with Crippen molar-refractivity contribution in [3.8, 4) is 0 Å². The van der Waals surface area contributed by atoms with E-state index in [1.807, 2.05) is 12.3 Å². The van der Waals surface area contributed by atoms with Gasteiger partial charge in [0.25, 0.3) is 0 Å². The molecule has 0 radical (unpaired) electrons. The van der Waals surface area contributed by atoms with Crippen LogP contribution >= 0.6 is 0 Å². The summed E-state index contributed by atoms with van der Waals surface area (Å²) in [5, 5.41) is 2.62. The molecule has 0 unspecified atom stereocenters. The molecular formula is C18H21N3O2. The minimum Gasteiger partial charge on any atom is -0.443 e. The number of ether oxygens (including phenoxy) is 1. The molecule has 1 saturated carbocycles. The zero-order chi connectivity index (χ0) is 15.9. The lowest BCUT2D eigenvalue weighted by atomic mass is 9.85. The number of aromatic nitrogens is 2. The fraction of sp³-hybridized carbons (Fsp3) is 0.389. The van der Waals surface area contributed by atoms with Crippen molar-refractivity contribution in [1.29, 1.82) is 0 Å². The second-order valence-corrected chi connectivity index (χ2v) is 5.86. The fourth-order valence-electron chi connectivity index (χ4n) is 2.93. The van der Waals surface area contributed by atoms with Crippen molar-refractivity contribution in [3.05, 3.63) is 54.1 Å². The number of anilines is 1. The Morgan fingerprint density at radius 1 is 1.17 bits per heavy atom. The predicted molar refractivity (Wildman–Crippen MR) is 88.1 cm³/mol. The predicted octanol–water partition coefficient (Wildman–Crippen LogP) is 4.27. The number of nitrogens with zero attached hydrogens (tertiary/aromatic N) is 2. The quantitative estimate of drug-likeness (QED) is 0.915. The molecule has 5 heteroatoms. The monoisotopic (exact) mass is 311 g/mol. The van der Waals surface area contributed by atoms with Crippen LogP contribution in [0, 0.1) is 0 Å². The maximum absolute atomic E-state index is 11.7. The molecule has 0 aliphatic heterocycles. The first-order valence-corrected chi connectivity index (χ1v) is 8.10. The van der Waals surface area contributed by atoms with Crippen LogP contribution in [0.4, 0.5) is 10.5 Å². The summed E-state index contributed by atoms with van der Waals surface area (Å²) < 4.78 is 5.18. The summed E-state index contributed by atoms with van der Waals surface area (Å²) in [6.45, 7) is 0.164. The van der Waals surface area contributed by atoms with E-state index in [9.17, 15) is 4.79 Å². The van der Waals surface area contributed by atoms with Crippen LogP contribution in [-0.2, 0) is 11.3 Å². The van der Waals surface area contributed by atoms with Crippen molar-refractivity contribution in [3.63, 3.8) is 0 Å². The molecule has 2 aromatic heterocycles. The van der Waals surface area contributed by atoms with Crippen LogP contribution in [0.1, 0.15) is 49.3 Å². The highest BCUT2D eigenvalue weighted by atomic mass is 16.5. The molecule has 120 valence electrons. The molecule has 1 aliphatic rings. The Kier molecular flexibility index (Phi) is 5.19. The third-order valence-corrected chi connectivity index (χ3v) is 4.18. The minimum atomic E-state index is -0.504. The molecular weight excluding hydrogens is 290 g/mol. The van der Waals surface area contributed by atoms with Crippen LogP contribution < -0.4 is 5.32 Å². The molecule has 0 spiro atoms. The molecule has 5 nitrogen and oxygen atoms in total. The van der Waals surface area contributed by atoms with Gasteiger partial charge in [-0.2, -0.15) is 0 Å². The van der Waals surface area contributed by atoms with E-state index in [0.29, 0.717) is 11.6 Å². The van der Waals surface area contributed by atoms with E-state index < -0.39 is 6.09 Å². The molecule has 1 aliphatic carbocycles. The highest BCUT2D eigenvalue weighted by molar-refractivity contribution is 5.84. The van der Waals surface area contributed by atoms with E-state index in [4.69, 9.17) is 4.74 Å². The van der Waals surface area contributed by atoms with Gasteiger partial charge in [-0.25, -0.2) is 4.79 Å². The normalized spacial score (nSPS) is 15.1. The average molecular weight is 311 g/mol. The third-order valence-electron chi connectivity index (χ3n) is 4.18. The van der Waals surface area contributed by atoms with Crippen LogP contribution in [0.5, 0.6) is 0 Å². The van der Waals surface area contributed by atoms with Crippen LogP contribution in [0.25, 0.3) is 0 Å². The topological polar surface area (TPSA) is 64.1 Å². The van der Waals surface area contributed by atoms with Gasteiger partial charge in [0.05, 0.1) is 17.6 Å². The first-order valence-electron chi connectivity index (χ1n) is 8.10. The summed E-state index contributed by atoms with van der Waals surface area (Å²) >= 11 is 0. The van der Waals surface area contributed by atoms with Gasteiger partial charge in [0.15, 0.2) is 0 Å². The van der Waals surface area contributed by atoms with Gasteiger partial charge < -0.3 is 4.74 Å². The van der Waals surface area contributed by atoms with Gasteiger partial charge in [-0.3, -0.25) is 15.3 Å². The van der Waals surface area contributed by atoms with Gasteiger partial charge in [0.1, 0.15) is 6.61 Å². The van der Waals surface area contributed by atoms with Crippen molar-refractivity contribution in [2.45, 2.75) is 44.6 Å². The smallest absolute Gasteiger partial charge is 0.412 e. The highest BCUT2D eigenvalue weighted by Gasteiger charge is 2.15. The summed E-state index contributed by atoms with van der Waals surface area (Å²) in [7, 11) is 0. The van der Waals surface area contributed by atoms with Gasteiger partial charge in [-0.1, -0.05) is 25.3 Å². The number of pyridine rings is 2. The molecule has 1 fully saturated rings. The molecule has 2 aromatic rings. The number of rotatable bonds is 4. The maximum Gasteiger partial charge on any atom is 0.412 e. The maximum atomic E-state index is 11.7. The van der Waals surface area contributed by atoms with E-state index in [0.717, 1.165) is 5.69 Å². The Balaban J connectivity index is 1.49. The molecule has 0 aromatic carbocycles. The van der Waals surface area contributed by atoms with E-state index >= 15 is 0 Å². The summed E-state index contributed by atoms with van der Waals surface area (Å²) in [4.78, 5) is 20.1. The first-order chi connectivity index (χ1) is 11.3. The van der Waals surface area contributed by atoms with Gasteiger partial charge in [0, 0.05) is 12.4 Å². The molecule has 1 amide bonds. The molecule has 0 bridgehead atoms.